The molecule has 156 valence electrons. The lowest BCUT2D eigenvalue weighted by atomic mass is 10.1. The van der Waals surface area contributed by atoms with Crippen molar-refractivity contribution in [3.05, 3.63) is 93.2 Å². The minimum Gasteiger partial charge on any atom is -0.319 e. The molecule has 0 spiro atoms. The summed E-state index contributed by atoms with van der Waals surface area (Å²) in [6, 6.07) is 19.9. The van der Waals surface area contributed by atoms with Crippen LogP contribution >= 0.6 is 15.9 Å². The Hall–Kier alpha value is -3.25. The van der Waals surface area contributed by atoms with Crippen LogP contribution in [0.1, 0.15) is 32.9 Å². The standard InChI is InChI=1S/C25H23BrN4O/c1-15-5-7-17(3)21(13-15)27-25(31)23-28-24(19-9-11-20(26)12-10-19)30(29-23)22-14-16(2)6-8-18(22)4/h5-14H,1-4H3,(H,27,31). The number of anilines is 1. The van der Waals surface area contributed by atoms with Gasteiger partial charge in [-0.3, -0.25) is 4.79 Å². The van der Waals surface area contributed by atoms with E-state index in [0.29, 0.717) is 5.82 Å². The fraction of sp³-hybridized carbons (Fsp3) is 0.160. The number of rotatable bonds is 4. The van der Waals surface area contributed by atoms with Gasteiger partial charge in [-0.15, -0.1) is 5.10 Å². The van der Waals surface area contributed by atoms with Gasteiger partial charge in [0.05, 0.1) is 5.69 Å². The number of hydrogen-bond donors (Lipinski definition) is 1. The van der Waals surface area contributed by atoms with E-state index in [-0.39, 0.29) is 11.7 Å². The van der Waals surface area contributed by atoms with Gasteiger partial charge in [0.25, 0.3) is 5.91 Å². The Bertz CT molecular complexity index is 1280. The molecule has 1 heterocycles. The number of benzene rings is 3. The van der Waals surface area contributed by atoms with E-state index in [1.165, 1.54) is 0 Å². The first-order valence-corrected chi connectivity index (χ1v) is 10.8. The van der Waals surface area contributed by atoms with Crippen molar-refractivity contribution >= 4 is 27.5 Å². The average Bonchev–Trinajstić information content (AvgIpc) is 3.18. The molecule has 0 aliphatic rings. The van der Waals surface area contributed by atoms with Gasteiger partial charge in [0.15, 0.2) is 5.82 Å². The number of nitrogens with zero attached hydrogens (tertiary/aromatic N) is 3. The molecule has 0 aliphatic heterocycles. The molecule has 0 fully saturated rings. The third-order valence-electron chi connectivity index (χ3n) is 5.15. The summed E-state index contributed by atoms with van der Waals surface area (Å²) in [5.41, 5.74) is 6.76. The van der Waals surface area contributed by atoms with Crippen LogP contribution in [0, 0.1) is 27.7 Å². The molecule has 0 saturated heterocycles. The van der Waals surface area contributed by atoms with E-state index in [2.05, 4.69) is 43.5 Å². The molecule has 0 aliphatic carbocycles. The van der Waals surface area contributed by atoms with E-state index in [1.807, 2.05) is 76.2 Å². The van der Waals surface area contributed by atoms with Crippen molar-refractivity contribution in [3.63, 3.8) is 0 Å². The van der Waals surface area contributed by atoms with Gasteiger partial charge in [-0.05, 0) is 74.2 Å². The number of amides is 1. The first-order valence-electron chi connectivity index (χ1n) is 10.0. The lowest BCUT2D eigenvalue weighted by Crippen LogP contribution is -2.15. The van der Waals surface area contributed by atoms with Crippen molar-refractivity contribution in [2.75, 3.05) is 5.32 Å². The van der Waals surface area contributed by atoms with Crippen molar-refractivity contribution in [2.45, 2.75) is 27.7 Å². The van der Waals surface area contributed by atoms with Crippen LogP contribution in [0.25, 0.3) is 17.1 Å². The summed E-state index contributed by atoms with van der Waals surface area (Å²) in [4.78, 5) is 17.7. The first-order chi connectivity index (χ1) is 14.8. The quantitative estimate of drug-likeness (QED) is 0.383. The molecule has 0 saturated carbocycles. The second-order valence-electron chi connectivity index (χ2n) is 7.74. The molecule has 1 amide bonds. The van der Waals surface area contributed by atoms with Gasteiger partial charge in [-0.25, -0.2) is 9.67 Å². The summed E-state index contributed by atoms with van der Waals surface area (Å²) < 4.78 is 2.73. The monoisotopic (exact) mass is 474 g/mol. The Morgan fingerprint density at radius 3 is 2.23 bits per heavy atom. The van der Waals surface area contributed by atoms with Gasteiger partial charge in [0.1, 0.15) is 0 Å². The van der Waals surface area contributed by atoms with Gasteiger partial charge in [0.2, 0.25) is 5.82 Å². The Morgan fingerprint density at radius 2 is 1.52 bits per heavy atom. The van der Waals surface area contributed by atoms with Crippen LogP contribution in [0.2, 0.25) is 0 Å². The van der Waals surface area contributed by atoms with E-state index in [4.69, 9.17) is 0 Å². The van der Waals surface area contributed by atoms with Crippen LogP contribution in [-0.4, -0.2) is 20.7 Å². The predicted molar refractivity (Wildman–Crippen MR) is 128 cm³/mol. The molecule has 0 unspecified atom stereocenters. The number of halogens is 1. The Labute approximate surface area is 190 Å². The number of aryl methyl sites for hydroxylation is 4. The molecule has 31 heavy (non-hydrogen) atoms. The molecule has 0 bridgehead atoms. The number of hydrogen-bond acceptors (Lipinski definition) is 3. The summed E-state index contributed by atoms with van der Waals surface area (Å²) in [6.07, 6.45) is 0. The van der Waals surface area contributed by atoms with Crippen molar-refractivity contribution in [1.82, 2.24) is 14.8 Å². The highest BCUT2D eigenvalue weighted by Gasteiger charge is 2.20. The summed E-state index contributed by atoms with van der Waals surface area (Å²) in [5, 5.41) is 7.57. The van der Waals surface area contributed by atoms with Crippen LogP contribution in [0.5, 0.6) is 0 Å². The van der Waals surface area contributed by atoms with Crippen LogP contribution in [0.4, 0.5) is 5.69 Å². The highest BCUT2D eigenvalue weighted by molar-refractivity contribution is 9.10. The number of nitrogens with one attached hydrogen (secondary N) is 1. The van der Waals surface area contributed by atoms with E-state index in [0.717, 1.165) is 43.7 Å². The van der Waals surface area contributed by atoms with Crippen molar-refractivity contribution < 1.29 is 4.79 Å². The third-order valence-corrected chi connectivity index (χ3v) is 5.68. The second-order valence-corrected chi connectivity index (χ2v) is 8.66. The summed E-state index contributed by atoms with van der Waals surface area (Å²) in [7, 11) is 0. The number of aromatic nitrogens is 3. The summed E-state index contributed by atoms with van der Waals surface area (Å²) >= 11 is 3.47. The van der Waals surface area contributed by atoms with Crippen LogP contribution in [-0.2, 0) is 0 Å². The molecule has 0 radical (unpaired) electrons. The lowest BCUT2D eigenvalue weighted by molar-refractivity contribution is 0.101. The van der Waals surface area contributed by atoms with Crippen LogP contribution in [0.3, 0.4) is 0 Å². The first kappa shape index (κ1) is 21.0. The zero-order valence-corrected chi connectivity index (χ0v) is 19.5. The maximum atomic E-state index is 13.1. The van der Waals surface area contributed by atoms with Gasteiger partial charge in [0, 0.05) is 15.7 Å². The minimum absolute atomic E-state index is 0.125. The number of carbonyl (C=O) groups is 1. The maximum absolute atomic E-state index is 13.1. The highest BCUT2D eigenvalue weighted by Crippen LogP contribution is 2.26. The summed E-state index contributed by atoms with van der Waals surface area (Å²) in [5.74, 6) is 0.406. The number of carbonyl (C=O) groups excluding carboxylic acids is 1. The van der Waals surface area contributed by atoms with Crippen LogP contribution < -0.4 is 5.32 Å². The third kappa shape index (κ3) is 4.44. The molecular weight excluding hydrogens is 452 g/mol. The van der Waals surface area contributed by atoms with Crippen molar-refractivity contribution in [1.29, 1.82) is 0 Å². The molecule has 4 rings (SSSR count). The largest absolute Gasteiger partial charge is 0.319 e. The lowest BCUT2D eigenvalue weighted by Gasteiger charge is -2.10. The molecule has 1 N–H and O–H groups in total. The molecule has 0 atom stereocenters. The normalized spacial score (nSPS) is 10.9. The van der Waals surface area contributed by atoms with Gasteiger partial charge in [-0.1, -0.05) is 52.3 Å². The van der Waals surface area contributed by atoms with Gasteiger partial charge >= 0.3 is 0 Å². The highest BCUT2D eigenvalue weighted by atomic mass is 79.9. The Kier molecular flexibility index (Phi) is 5.74. The van der Waals surface area contributed by atoms with Crippen LogP contribution in [0.15, 0.2) is 65.1 Å². The van der Waals surface area contributed by atoms with Gasteiger partial charge < -0.3 is 5.32 Å². The molecule has 4 aromatic rings. The van der Waals surface area contributed by atoms with E-state index in [1.54, 1.807) is 4.68 Å². The Balaban J connectivity index is 1.81. The van der Waals surface area contributed by atoms with E-state index in [9.17, 15) is 4.79 Å². The zero-order valence-electron chi connectivity index (χ0n) is 17.9. The molecule has 5 nitrogen and oxygen atoms in total. The second kappa shape index (κ2) is 8.47. The van der Waals surface area contributed by atoms with E-state index >= 15 is 0 Å². The molecule has 3 aromatic carbocycles. The van der Waals surface area contributed by atoms with Crippen molar-refractivity contribution in [2.24, 2.45) is 0 Å². The Morgan fingerprint density at radius 1 is 0.871 bits per heavy atom. The van der Waals surface area contributed by atoms with Crippen molar-refractivity contribution in [3.8, 4) is 17.1 Å². The molecular formula is C25H23BrN4O. The fourth-order valence-corrected chi connectivity index (χ4v) is 3.62. The molecule has 1 aromatic heterocycles. The maximum Gasteiger partial charge on any atom is 0.295 e. The van der Waals surface area contributed by atoms with E-state index < -0.39 is 0 Å². The predicted octanol–water partition coefficient (Wildman–Crippen LogP) is 6.18. The summed E-state index contributed by atoms with van der Waals surface area (Å²) in [6.45, 7) is 8.02. The molecule has 6 heteroatoms. The zero-order chi connectivity index (χ0) is 22.1. The SMILES string of the molecule is Cc1ccc(C)c(NC(=O)c2nc(-c3ccc(Br)cc3)n(-c3cc(C)ccc3C)n2)c1. The fourth-order valence-electron chi connectivity index (χ4n) is 3.36. The topological polar surface area (TPSA) is 59.8 Å². The smallest absolute Gasteiger partial charge is 0.295 e. The average molecular weight is 475 g/mol. The minimum atomic E-state index is -0.337. The van der Waals surface area contributed by atoms with Gasteiger partial charge in [-0.2, -0.15) is 0 Å².